The summed E-state index contributed by atoms with van der Waals surface area (Å²) in [5, 5.41) is 0. The van der Waals surface area contributed by atoms with Crippen LogP contribution in [0.4, 0.5) is 0 Å². The highest BCUT2D eigenvalue weighted by Crippen LogP contribution is 2.37. The van der Waals surface area contributed by atoms with Crippen LogP contribution in [0.2, 0.25) is 0 Å². The molecule has 0 saturated carbocycles. The van der Waals surface area contributed by atoms with Crippen LogP contribution in [0.5, 0.6) is 0 Å². The maximum Gasteiger partial charge on any atom is 0.116 e. The number of hydrogen-bond acceptors (Lipinski definition) is 3. The maximum absolute atomic E-state index is 5.32. The Morgan fingerprint density at radius 1 is 0.341 bits per heavy atom. The van der Waals surface area contributed by atoms with Crippen LogP contribution in [0.15, 0.2) is 152 Å². The molecular formula is C39H25N5. The molecule has 0 atom stereocenters. The minimum absolute atomic E-state index is 0.862. The Balaban J connectivity index is 1.35. The first-order chi connectivity index (χ1) is 21.8. The van der Waals surface area contributed by atoms with Crippen molar-refractivity contribution in [1.29, 1.82) is 0 Å². The maximum atomic E-state index is 5.32. The van der Waals surface area contributed by atoms with Crippen molar-refractivity contribution in [3.8, 4) is 33.6 Å². The van der Waals surface area contributed by atoms with Gasteiger partial charge in [-0.2, -0.15) is 0 Å². The number of nitrogens with zero attached hydrogens (tertiary/aromatic N) is 5. The van der Waals surface area contributed by atoms with Crippen molar-refractivity contribution in [3.63, 3.8) is 0 Å². The van der Waals surface area contributed by atoms with Crippen molar-refractivity contribution in [2.75, 3.05) is 0 Å². The van der Waals surface area contributed by atoms with Crippen LogP contribution in [0.3, 0.4) is 0 Å². The van der Waals surface area contributed by atoms with Gasteiger partial charge in [0.25, 0.3) is 0 Å². The van der Waals surface area contributed by atoms with Gasteiger partial charge in [0.1, 0.15) is 22.1 Å². The molecule has 5 nitrogen and oxygen atoms in total. The molecule has 0 saturated heterocycles. The molecule has 5 aromatic heterocycles. The number of fused-ring (bicyclic) bond motifs is 6. The molecule has 0 spiro atoms. The van der Waals surface area contributed by atoms with Crippen LogP contribution < -0.4 is 0 Å². The van der Waals surface area contributed by atoms with Crippen LogP contribution >= 0.6 is 0 Å². The first kappa shape index (κ1) is 24.5. The number of rotatable bonds is 4. The average Bonchev–Trinajstić information content (AvgIpc) is 3.60. The molecule has 9 rings (SSSR count). The number of benzene rings is 4. The summed E-state index contributed by atoms with van der Waals surface area (Å²) >= 11 is 0. The minimum Gasteiger partial charge on any atom is -0.306 e. The summed E-state index contributed by atoms with van der Waals surface area (Å²) in [4.78, 5) is 15.0. The van der Waals surface area contributed by atoms with Crippen molar-refractivity contribution in [2.45, 2.75) is 0 Å². The van der Waals surface area contributed by atoms with Gasteiger partial charge in [-0.1, -0.05) is 84.9 Å². The van der Waals surface area contributed by atoms with E-state index in [0.717, 1.165) is 66.6 Å². The van der Waals surface area contributed by atoms with E-state index < -0.39 is 0 Å². The third-order valence-electron chi connectivity index (χ3n) is 8.39. The second-order valence-electron chi connectivity index (χ2n) is 11.0. The lowest BCUT2D eigenvalue weighted by Crippen LogP contribution is -1.97. The molecule has 206 valence electrons. The SMILES string of the molecule is c1ccc(-c2cccc(-n3c4cccnc4c4nc5c6ncccc6n(-c6cccc(-c7ccccc7)c6)c5cc43)c2)cc1. The third kappa shape index (κ3) is 3.76. The summed E-state index contributed by atoms with van der Waals surface area (Å²) in [6.07, 6.45) is 3.68. The van der Waals surface area contributed by atoms with Crippen molar-refractivity contribution in [2.24, 2.45) is 0 Å². The Bertz CT molecular complexity index is 2320. The summed E-state index contributed by atoms with van der Waals surface area (Å²) in [5.74, 6) is 0. The fourth-order valence-corrected chi connectivity index (χ4v) is 6.43. The second kappa shape index (κ2) is 9.75. The lowest BCUT2D eigenvalue weighted by Gasteiger charge is -2.12. The molecule has 0 fully saturated rings. The molecule has 0 N–H and O–H groups in total. The number of aromatic nitrogens is 5. The molecule has 0 amide bonds. The van der Waals surface area contributed by atoms with E-state index >= 15 is 0 Å². The lowest BCUT2D eigenvalue weighted by atomic mass is 10.1. The van der Waals surface area contributed by atoms with E-state index in [1.165, 1.54) is 11.1 Å². The smallest absolute Gasteiger partial charge is 0.116 e. The Morgan fingerprint density at radius 3 is 1.27 bits per heavy atom. The summed E-state index contributed by atoms with van der Waals surface area (Å²) < 4.78 is 4.57. The normalized spacial score (nSPS) is 11.6. The minimum atomic E-state index is 0.862. The van der Waals surface area contributed by atoms with E-state index in [9.17, 15) is 0 Å². The molecular weight excluding hydrogens is 538 g/mol. The molecule has 0 aliphatic heterocycles. The van der Waals surface area contributed by atoms with Crippen molar-refractivity contribution in [3.05, 3.63) is 152 Å². The van der Waals surface area contributed by atoms with Crippen molar-refractivity contribution >= 4 is 44.1 Å². The molecule has 44 heavy (non-hydrogen) atoms. The molecule has 0 radical (unpaired) electrons. The zero-order chi connectivity index (χ0) is 29.0. The average molecular weight is 564 g/mol. The van der Waals surface area contributed by atoms with Crippen molar-refractivity contribution < 1.29 is 0 Å². The number of hydrogen-bond donors (Lipinski definition) is 0. The standard InChI is InChI=1S/C39H25N5/c1-3-11-26(12-4-1)28-15-7-17-30(23-28)43-32-19-9-21-40-36(32)38-34(43)25-35-39(42-38)37-33(20-10-22-41-37)44(35)31-18-8-16-29(24-31)27-13-5-2-6-14-27/h1-25H. The molecule has 5 heteroatoms. The highest BCUT2D eigenvalue weighted by molar-refractivity contribution is 6.13. The summed E-state index contributed by atoms with van der Waals surface area (Å²) in [6.45, 7) is 0. The largest absolute Gasteiger partial charge is 0.306 e. The Labute approximate surface area is 253 Å². The van der Waals surface area contributed by atoms with Crippen LogP contribution in [0.25, 0.3) is 77.8 Å². The van der Waals surface area contributed by atoms with E-state index in [1.807, 2.05) is 36.7 Å². The van der Waals surface area contributed by atoms with Gasteiger partial charge in [-0.15, -0.1) is 0 Å². The lowest BCUT2D eigenvalue weighted by molar-refractivity contribution is 1.16. The molecule has 0 aliphatic rings. The predicted molar refractivity (Wildman–Crippen MR) is 179 cm³/mol. The molecule has 4 aromatic carbocycles. The zero-order valence-corrected chi connectivity index (χ0v) is 23.7. The number of pyridine rings is 3. The molecule has 9 aromatic rings. The molecule has 5 heterocycles. The van der Waals surface area contributed by atoms with Gasteiger partial charge in [0.2, 0.25) is 0 Å². The highest BCUT2D eigenvalue weighted by atomic mass is 15.1. The van der Waals surface area contributed by atoms with Gasteiger partial charge in [0.15, 0.2) is 0 Å². The molecule has 0 bridgehead atoms. The van der Waals surface area contributed by atoms with Gasteiger partial charge in [-0.3, -0.25) is 9.97 Å². The van der Waals surface area contributed by atoms with E-state index in [0.29, 0.717) is 0 Å². The zero-order valence-electron chi connectivity index (χ0n) is 23.7. The van der Waals surface area contributed by atoms with E-state index in [2.05, 4.69) is 124 Å². The van der Waals surface area contributed by atoms with Gasteiger partial charge in [-0.05, 0) is 76.9 Å². The Morgan fingerprint density at radius 2 is 0.795 bits per heavy atom. The van der Waals surface area contributed by atoms with E-state index in [1.54, 1.807) is 0 Å². The van der Waals surface area contributed by atoms with Gasteiger partial charge in [0, 0.05) is 23.8 Å². The van der Waals surface area contributed by atoms with Crippen molar-refractivity contribution in [1.82, 2.24) is 24.1 Å². The Hall–Kier alpha value is -6.07. The fraction of sp³-hybridized carbons (Fsp3) is 0. The van der Waals surface area contributed by atoms with Gasteiger partial charge in [0.05, 0.1) is 22.1 Å². The van der Waals surface area contributed by atoms with Crippen LogP contribution in [-0.4, -0.2) is 24.1 Å². The summed E-state index contributed by atoms with van der Waals surface area (Å²) in [6, 6.07) is 48.8. The van der Waals surface area contributed by atoms with E-state index in [4.69, 9.17) is 15.0 Å². The van der Waals surface area contributed by atoms with Crippen LogP contribution in [0, 0.1) is 0 Å². The Kier molecular flexibility index (Phi) is 5.43. The second-order valence-corrected chi connectivity index (χ2v) is 11.0. The molecule has 0 unspecified atom stereocenters. The predicted octanol–water partition coefficient (Wildman–Crippen LogP) is 9.40. The third-order valence-corrected chi connectivity index (χ3v) is 8.39. The highest BCUT2D eigenvalue weighted by Gasteiger charge is 2.21. The van der Waals surface area contributed by atoms with E-state index in [-0.39, 0.29) is 0 Å². The molecule has 0 aliphatic carbocycles. The monoisotopic (exact) mass is 563 g/mol. The van der Waals surface area contributed by atoms with Gasteiger partial charge < -0.3 is 9.13 Å². The van der Waals surface area contributed by atoms with Crippen LogP contribution in [0.1, 0.15) is 0 Å². The summed E-state index contributed by atoms with van der Waals surface area (Å²) in [5.41, 5.74) is 14.3. The fourth-order valence-electron chi connectivity index (χ4n) is 6.43. The van der Waals surface area contributed by atoms with Gasteiger partial charge >= 0.3 is 0 Å². The quantitative estimate of drug-likeness (QED) is 0.214. The first-order valence-electron chi connectivity index (χ1n) is 14.7. The van der Waals surface area contributed by atoms with Crippen LogP contribution in [-0.2, 0) is 0 Å². The first-order valence-corrected chi connectivity index (χ1v) is 14.7. The van der Waals surface area contributed by atoms with Gasteiger partial charge in [-0.25, -0.2) is 4.98 Å². The topological polar surface area (TPSA) is 48.5 Å². The summed E-state index contributed by atoms with van der Waals surface area (Å²) in [7, 11) is 0.